The molecule has 0 saturated heterocycles. The van der Waals surface area contributed by atoms with Crippen LogP contribution in [-0.2, 0) is 16.1 Å². The Balaban J connectivity index is 0.00000108. The lowest BCUT2D eigenvalue weighted by atomic mass is 10.0. The Kier molecular flexibility index (Phi) is 10.6. The molecule has 41 heavy (non-hydrogen) atoms. The number of hydrogen-bond donors (Lipinski definition) is 6. The summed E-state index contributed by atoms with van der Waals surface area (Å²) in [6, 6.07) is 10.2. The maximum Gasteiger partial charge on any atom is 0.350 e. The highest BCUT2D eigenvalue weighted by Gasteiger charge is 2.26. The lowest BCUT2D eigenvalue weighted by Crippen LogP contribution is -2.18. The van der Waals surface area contributed by atoms with Gasteiger partial charge in [0.2, 0.25) is 0 Å². The van der Waals surface area contributed by atoms with E-state index in [4.69, 9.17) is 35.6 Å². The number of anilines is 1. The highest BCUT2D eigenvalue weighted by Crippen LogP contribution is 2.32. The van der Waals surface area contributed by atoms with Crippen LogP contribution in [0.4, 0.5) is 10.1 Å². The molecule has 14 nitrogen and oxygen atoms in total. The molecule has 0 aliphatic carbocycles. The molecule has 0 saturated carbocycles. The standard InChI is InChI=1S/C24H25FN8O4.C2H4O2/c1-36-17-11-15(13-37-10-9-34)19(25)18(12-17)20(30-16-5-3-14(4-6-16)21(26)27)22-31-24(35)33(32-22)23-28-7-2-8-29-23;1-2(3)4/h2-8,11-12,20,30,34H,9-10,13H2,1H3,(H3,26,27)(H,31,32,35);1H3,(H,3,4). The minimum Gasteiger partial charge on any atom is -0.497 e. The zero-order valence-electron chi connectivity index (χ0n) is 22.2. The van der Waals surface area contributed by atoms with Gasteiger partial charge in [0.1, 0.15) is 23.4 Å². The van der Waals surface area contributed by atoms with Crippen LogP contribution in [0, 0.1) is 11.2 Å². The van der Waals surface area contributed by atoms with Crippen molar-refractivity contribution in [2.75, 3.05) is 25.6 Å². The fourth-order valence-electron chi connectivity index (χ4n) is 3.57. The summed E-state index contributed by atoms with van der Waals surface area (Å²) < 4.78 is 27.5. The minimum atomic E-state index is -0.993. The van der Waals surface area contributed by atoms with E-state index in [9.17, 15) is 4.79 Å². The van der Waals surface area contributed by atoms with Gasteiger partial charge in [-0.3, -0.25) is 15.2 Å². The topological polar surface area (TPSA) is 214 Å². The largest absolute Gasteiger partial charge is 0.497 e. The number of hydrogen-bond acceptors (Lipinski definition) is 10. The molecule has 1 unspecified atom stereocenters. The van der Waals surface area contributed by atoms with Crippen LogP contribution in [0.3, 0.4) is 0 Å². The second-order valence-corrected chi connectivity index (χ2v) is 8.33. The Hall–Kier alpha value is -5.15. The summed E-state index contributed by atoms with van der Waals surface area (Å²) in [5.41, 5.74) is 6.29. The van der Waals surface area contributed by atoms with Gasteiger partial charge in [-0.25, -0.2) is 19.2 Å². The molecule has 216 valence electrons. The second kappa shape index (κ2) is 14.3. The summed E-state index contributed by atoms with van der Waals surface area (Å²) in [6.07, 6.45) is 2.94. The summed E-state index contributed by atoms with van der Waals surface area (Å²) >= 11 is 0. The fraction of sp³-hybridized carbons (Fsp3) is 0.231. The lowest BCUT2D eigenvalue weighted by molar-refractivity contribution is -0.134. The summed E-state index contributed by atoms with van der Waals surface area (Å²) in [7, 11) is 1.45. The lowest BCUT2D eigenvalue weighted by Gasteiger charge is -2.21. The van der Waals surface area contributed by atoms with E-state index in [0.29, 0.717) is 17.0 Å². The molecule has 0 bridgehead atoms. The van der Waals surface area contributed by atoms with Crippen LogP contribution >= 0.6 is 0 Å². The summed E-state index contributed by atoms with van der Waals surface area (Å²) in [4.78, 5) is 32.5. The number of halogens is 1. The predicted octanol–water partition coefficient (Wildman–Crippen LogP) is 1.58. The van der Waals surface area contributed by atoms with Gasteiger partial charge in [-0.05, 0) is 42.5 Å². The van der Waals surface area contributed by atoms with E-state index in [1.807, 2.05) is 0 Å². The number of rotatable bonds is 11. The van der Waals surface area contributed by atoms with E-state index in [1.165, 1.54) is 31.6 Å². The summed E-state index contributed by atoms with van der Waals surface area (Å²) in [5.74, 6) is -1.06. The molecule has 2 aromatic carbocycles. The van der Waals surface area contributed by atoms with Gasteiger partial charge in [-0.1, -0.05) is 0 Å². The Labute approximate surface area is 233 Å². The molecule has 1 atom stereocenters. The van der Waals surface area contributed by atoms with Gasteiger partial charge in [0.25, 0.3) is 11.9 Å². The molecular weight excluding hydrogens is 539 g/mol. The van der Waals surface area contributed by atoms with E-state index in [-0.39, 0.29) is 48.6 Å². The van der Waals surface area contributed by atoms with E-state index in [0.717, 1.165) is 11.6 Å². The first-order chi connectivity index (χ1) is 19.6. The van der Waals surface area contributed by atoms with Gasteiger partial charge in [0, 0.05) is 41.7 Å². The molecule has 0 fully saturated rings. The maximum atomic E-state index is 15.8. The molecule has 4 aromatic rings. The van der Waals surface area contributed by atoms with E-state index in [2.05, 4.69) is 25.4 Å². The van der Waals surface area contributed by atoms with Crippen LogP contribution in [0.1, 0.15) is 35.5 Å². The molecule has 2 heterocycles. The number of aliphatic carboxylic acids is 1. The maximum absolute atomic E-state index is 15.8. The molecule has 0 radical (unpaired) electrons. The number of carboxylic acid groups (broad SMARTS) is 1. The fourth-order valence-corrected chi connectivity index (χ4v) is 3.57. The number of benzene rings is 2. The highest BCUT2D eigenvalue weighted by molar-refractivity contribution is 5.95. The average molecular weight is 569 g/mol. The van der Waals surface area contributed by atoms with Crippen molar-refractivity contribution in [3.8, 4) is 11.7 Å². The number of nitrogens with one attached hydrogen (secondary N) is 3. The Bertz CT molecular complexity index is 1520. The first kappa shape index (κ1) is 30.4. The van der Waals surface area contributed by atoms with Crippen molar-refractivity contribution in [1.82, 2.24) is 24.7 Å². The van der Waals surface area contributed by atoms with Crippen molar-refractivity contribution in [2.45, 2.75) is 19.6 Å². The Morgan fingerprint density at radius 1 is 1.24 bits per heavy atom. The van der Waals surface area contributed by atoms with Crippen molar-refractivity contribution in [1.29, 1.82) is 5.41 Å². The van der Waals surface area contributed by atoms with Crippen LogP contribution in [0.5, 0.6) is 5.75 Å². The number of nitrogens with zero attached hydrogens (tertiary/aromatic N) is 4. The highest BCUT2D eigenvalue weighted by atomic mass is 19.1. The normalized spacial score (nSPS) is 11.2. The van der Waals surface area contributed by atoms with Crippen molar-refractivity contribution in [2.24, 2.45) is 5.73 Å². The number of carboxylic acids is 1. The number of nitrogen functional groups attached to an aromatic ring is 1. The van der Waals surface area contributed by atoms with E-state index < -0.39 is 23.5 Å². The molecule has 7 N–H and O–H groups in total. The number of carbonyl (C=O) groups is 1. The van der Waals surface area contributed by atoms with Crippen molar-refractivity contribution >= 4 is 17.5 Å². The molecule has 0 amide bonds. The number of ether oxygens (including phenoxy) is 2. The number of aromatic nitrogens is 5. The molecule has 0 aliphatic heterocycles. The van der Waals surface area contributed by atoms with Crippen molar-refractivity contribution in [3.05, 3.63) is 93.7 Å². The first-order valence-corrected chi connectivity index (χ1v) is 12.1. The molecule has 2 aromatic heterocycles. The Morgan fingerprint density at radius 3 is 2.49 bits per heavy atom. The van der Waals surface area contributed by atoms with Crippen LogP contribution in [-0.4, -0.2) is 67.1 Å². The molecule has 0 aliphatic rings. The van der Waals surface area contributed by atoms with Crippen LogP contribution in [0.2, 0.25) is 0 Å². The predicted molar refractivity (Wildman–Crippen MR) is 146 cm³/mol. The third-order valence-electron chi connectivity index (χ3n) is 5.35. The third-order valence-corrected chi connectivity index (χ3v) is 5.35. The van der Waals surface area contributed by atoms with Gasteiger partial charge < -0.3 is 30.7 Å². The Morgan fingerprint density at radius 2 is 1.90 bits per heavy atom. The molecular formula is C26H29FN8O6. The van der Waals surface area contributed by atoms with Gasteiger partial charge in [-0.2, -0.15) is 0 Å². The smallest absolute Gasteiger partial charge is 0.350 e. The summed E-state index contributed by atoms with van der Waals surface area (Å²) in [5, 5.41) is 31.5. The quantitative estimate of drug-likeness (QED) is 0.0867. The number of amidine groups is 1. The monoisotopic (exact) mass is 568 g/mol. The van der Waals surface area contributed by atoms with Crippen molar-refractivity contribution < 1.29 is 28.9 Å². The van der Waals surface area contributed by atoms with Crippen LogP contribution in [0.25, 0.3) is 5.95 Å². The number of aliphatic hydroxyl groups is 1. The van der Waals surface area contributed by atoms with Crippen LogP contribution < -0.4 is 21.5 Å². The second-order valence-electron chi connectivity index (χ2n) is 8.33. The molecule has 0 spiro atoms. The molecule has 4 rings (SSSR count). The number of nitrogens with two attached hydrogens (primary N) is 1. The number of methoxy groups -OCH3 is 1. The van der Waals surface area contributed by atoms with Gasteiger partial charge in [0.05, 0.1) is 26.9 Å². The van der Waals surface area contributed by atoms with E-state index >= 15 is 4.39 Å². The third kappa shape index (κ3) is 8.17. The summed E-state index contributed by atoms with van der Waals surface area (Å²) in [6.45, 7) is 0.795. The average Bonchev–Trinajstić information content (AvgIpc) is 3.34. The minimum absolute atomic E-state index is 0.0327. The van der Waals surface area contributed by atoms with Gasteiger partial charge in [-0.15, -0.1) is 9.78 Å². The van der Waals surface area contributed by atoms with Gasteiger partial charge in [0.15, 0.2) is 5.82 Å². The van der Waals surface area contributed by atoms with Crippen molar-refractivity contribution in [3.63, 3.8) is 0 Å². The van der Waals surface area contributed by atoms with E-state index in [1.54, 1.807) is 30.3 Å². The SMILES string of the molecule is CC(=O)O.COc1cc(COCCO)c(F)c(C(Nc2ccc(C(=N)N)cc2)c2nn(-c3ncccn3)c(=O)[nH]2)c1. The van der Waals surface area contributed by atoms with Gasteiger partial charge >= 0.3 is 5.69 Å². The number of aromatic amines is 1. The number of H-pyrrole nitrogens is 1. The zero-order valence-corrected chi connectivity index (χ0v) is 22.2. The van der Waals surface area contributed by atoms with Crippen LogP contribution in [0.15, 0.2) is 59.7 Å². The molecule has 15 heteroatoms. The first-order valence-electron chi connectivity index (χ1n) is 12.1. The zero-order chi connectivity index (χ0) is 29.9. The number of aliphatic hydroxyl groups excluding tert-OH is 1.